The molecule has 0 saturated carbocycles. The van der Waals surface area contributed by atoms with Gasteiger partial charge < -0.3 is 32.1 Å². The van der Waals surface area contributed by atoms with Crippen molar-refractivity contribution < 1.29 is 38.7 Å². The quantitative estimate of drug-likeness (QED) is 0.0306. The largest absolute Gasteiger partial charge is 0.399 e. The number of nitrogens with zero attached hydrogens (tertiary/aromatic N) is 3. The molecule has 0 fully saturated rings. The number of halogens is 5. The zero-order chi connectivity index (χ0) is 71.6. The Morgan fingerprint density at radius 3 is 1.05 bits per heavy atom. The number of nitrogen functional groups attached to an aromatic ring is 1. The number of rotatable bonds is 11. The van der Waals surface area contributed by atoms with Gasteiger partial charge in [0.2, 0.25) is 23.6 Å². The van der Waals surface area contributed by atoms with Crippen molar-refractivity contribution in [2.24, 2.45) is 21.7 Å². The molecule has 9 rings (SSSR count). The van der Waals surface area contributed by atoms with Crippen LogP contribution in [0.15, 0.2) is 207 Å². The number of pyridine rings is 3. The number of ketones is 2. The molecule has 6 aromatic carbocycles. The van der Waals surface area contributed by atoms with Gasteiger partial charge in [-0.3, -0.25) is 48.5 Å². The van der Waals surface area contributed by atoms with E-state index in [1.807, 2.05) is 101 Å². The summed E-state index contributed by atoms with van der Waals surface area (Å²) in [6, 6.07) is 47.9. The number of hydrogen-bond acceptors (Lipinski definition) is 12. The first-order valence-corrected chi connectivity index (χ1v) is 31.8. The number of hydrogen-bond donors (Lipinski definition) is 6. The molecule has 0 bridgehead atoms. The van der Waals surface area contributed by atoms with Crippen molar-refractivity contribution in [1.82, 2.24) is 15.0 Å². The molecule has 12 radical (unpaired) electrons. The molecular weight excluding hydrogens is 1360 g/mol. The number of aliphatic hydroxyl groups excluding tert-OH is 1. The van der Waals surface area contributed by atoms with Crippen LogP contribution in [0, 0.1) is 21.7 Å². The minimum absolute atomic E-state index is 0. The van der Waals surface area contributed by atoms with Crippen molar-refractivity contribution in [3.8, 4) is 0 Å². The smallest absolute Gasteiger partial charge is 0.229 e. The molecule has 1 unspecified atom stereocenters. The summed E-state index contributed by atoms with van der Waals surface area (Å²) in [7, 11) is 0. The molecule has 25 heteroatoms. The molecule has 9 aromatic rings. The third kappa shape index (κ3) is 31.5. The van der Waals surface area contributed by atoms with Crippen LogP contribution in [-0.2, 0) is 19.2 Å². The highest BCUT2D eigenvalue weighted by Gasteiger charge is 2.27. The normalized spacial score (nSPS) is 10.7. The van der Waals surface area contributed by atoms with E-state index in [1.54, 1.807) is 189 Å². The Hall–Kier alpha value is -8.87. The topological polar surface area (TPSA) is 253 Å². The monoisotopic (exact) mass is 1440 g/mol. The zero-order valence-electron chi connectivity index (χ0n) is 57.7. The summed E-state index contributed by atoms with van der Waals surface area (Å²) in [5.74, 6) is -0.891. The highest BCUT2D eigenvalue weighted by molar-refractivity contribution is 6.33. The summed E-state index contributed by atoms with van der Waals surface area (Å²) in [5, 5.41) is 24.6. The van der Waals surface area contributed by atoms with Crippen molar-refractivity contribution in [2.45, 2.75) is 89.2 Å². The molecule has 1 atom stereocenters. The number of anilines is 5. The van der Waals surface area contributed by atoms with E-state index in [0.29, 0.717) is 70.5 Å². The third-order valence-corrected chi connectivity index (χ3v) is 14.3. The van der Waals surface area contributed by atoms with Crippen LogP contribution in [0.2, 0.25) is 25.1 Å². The summed E-state index contributed by atoms with van der Waals surface area (Å²) in [6.07, 6.45) is 9.34. The Labute approximate surface area is 620 Å². The van der Waals surface area contributed by atoms with E-state index < -0.39 is 22.3 Å². The highest BCUT2D eigenvalue weighted by atomic mass is 35.5. The highest BCUT2D eigenvalue weighted by Crippen LogP contribution is 2.33. The van der Waals surface area contributed by atoms with Crippen LogP contribution in [0.4, 0.5) is 28.4 Å². The van der Waals surface area contributed by atoms with Crippen LogP contribution in [0.1, 0.15) is 143 Å². The molecule has 0 aliphatic carbocycles. The molecule has 3 heterocycles. The lowest BCUT2D eigenvalue weighted by Crippen LogP contribution is -2.28. The Morgan fingerprint density at radius 1 is 0.400 bits per heavy atom. The second kappa shape index (κ2) is 42.9. The molecule has 0 aliphatic heterocycles. The zero-order valence-corrected chi connectivity index (χ0v) is 61.5. The fourth-order valence-corrected chi connectivity index (χ4v) is 8.10. The van der Waals surface area contributed by atoms with Crippen molar-refractivity contribution in [2.75, 3.05) is 27.0 Å². The summed E-state index contributed by atoms with van der Waals surface area (Å²) < 4.78 is 0. The second-order valence-corrected chi connectivity index (χ2v) is 27.5. The van der Waals surface area contributed by atoms with Gasteiger partial charge in [0, 0.05) is 168 Å². The fourth-order valence-electron chi connectivity index (χ4n) is 7.32. The van der Waals surface area contributed by atoms with E-state index in [2.05, 4.69) is 36.2 Å². The molecule has 3 aromatic heterocycles. The molecule has 0 spiro atoms. The maximum Gasteiger partial charge on any atom is 0.229 e. The van der Waals surface area contributed by atoms with Gasteiger partial charge in [-0.1, -0.05) is 171 Å². The predicted octanol–water partition coefficient (Wildman–Crippen LogP) is 16.9. The van der Waals surface area contributed by atoms with Gasteiger partial charge in [-0.15, -0.1) is 0 Å². The van der Waals surface area contributed by atoms with E-state index in [9.17, 15) is 38.7 Å². The number of carbonyl (C=O) groups excluding carboxylic acids is 7. The van der Waals surface area contributed by atoms with Crippen LogP contribution in [-0.4, -0.2) is 95.2 Å². The lowest BCUT2D eigenvalue weighted by Gasteiger charge is -2.21. The average molecular weight is 1440 g/mol. The van der Waals surface area contributed by atoms with Crippen LogP contribution in [0.25, 0.3) is 0 Å². The van der Waals surface area contributed by atoms with Crippen LogP contribution in [0.3, 0.4) is 0 Å². The summed E-state index contributed by atoms with van der Waals surface area (Å²) in [6.45, 7) is 22.0. The number of aliphatic hydroxyl groups is 1. The Kier molecular flexibility index (Phi) is 39.1. The van der Waals surface area contributed by atoms with E-state index >= 15 is 0 Å². The van der Waals surface area contributed by atoms with Crippen molar-refractivity contribution in [3.63, 3.8) is 0 Å². The van der Waals surface area contributed by atoms with Crippen molar-refractivity contribution in [3.05, 3.63) is 271 Å². The summed E-state index contributed by atoms with van der Waals surface area (Å²) in [4.78, 5) is 95.1. The molecule has 16 nitrogen and oxygen atoms in total. The van der Waals surface area contributed by atoms with Crippen molar-refractivity contribution >= 4 is 162 Å². The number of nitrogens with one attached hydrogen (secondary N) is 4. The maximum atomic E-state index is 12.6. The van der Waals surface area contributed by atoms with Gasteiger partial charge in [0.05, 0.1) is 11.4 Å². The fraction of sp³-hybridized carbons (Fsp3) is 0.227. The number of amides is 4. The van der Waals surface area contributed by atoms with Crippen molar-refractivity contribution in [1.29, 1.82) is 0 Å². The lowest BCUT2D eigenvalue weighted by atomic mass is 9.94. The Morgan fingerprint density at radius 2 is 0.710 bits per heavy atom. The summed E-state index contributed by atoms with van der Waals surface area (Å²) in [5.41, 5.74) is 9.97. The van der Waals surface area contributed by atoms with Crippen LogP contribution >= 0.6 is 58.0 Å². The first-order chi connectivity index (χ1) is 45.0. The molecular formula is C75H79B4Cl5N8O8. The SMILES string of the molecule is CC(C)(C)C(=O)Nc1ccc(Cl)cc1.CC(C)(C)C(=O)Nc1ccc(Cl)cc1C(=O)c1ccncc1.CC(C)(C)C(=O)Nc1ccc(Cl)cc1C(=O)c1ccncc1.CC(C)(C)C(=O)Nc1ccc(Cl)cc1C(O)c1ccncc1.Nc1ccc(Cl)cc1.O=Cc1ccccc1.[B].[B].[B].[B]. The molecule has 0 saturated heterocycles. The first kappa shape index (κ1) is 91.1. The minimum Gasteiger partial charge on any atom is -0.399 e. The number of aldehydes is 1. The number of carbonyl (C=O) groups is 7. The standard InChI is InChI=1S/C17H19ClN2O2.2C17H17ClN2O2.C11H14ClNO.C7H6O.C6H6ClN.4B/c3*1-17(2,3)16(22)20-14-5-4-12(18)10-13(14)15(21)11-6-8-19-9-7-11;1-11(2,3)10(14)13-9-6-4-8(12)5-7-9;8-6-7-4-2-1-3-5-7;7-5-1-3-6(8)4-2-5;;;;/h4-10,15,21H,1-3H3,(H,20,22);2*4-10H,1-3H3,(H,20,22);4-7H,1-3H3,(H,13,14);1-6H;1-4H,8H2;;;;. The number of benzene rings is 6. The molecule has 7 N–H and O–H groups in total. The van der Waals surface area contributed by atoms with Crippen LogP contribution in [0.5, 0.6) is 0 Å². The third-order valence-electron chi connectivity index (χ3n) is 13.0. The van der Waals surface area contributed by atoms with Crippen LogP contribution < -0.4 is 27.0 Å². The first-order valence-electron chi connectivity index (χ1n) is 29.9. The number of aromatic nitrogens is 3. The van der Waals surface area contributed by atoms with E-state index in [-0.39, 0.29) is 74.3 Å². The van der Waals surface area contributed by atoms with Gasteiger partial charge in [0.1, 0.15) is 12.4 Å². The molecule has 4 amide bonds. The van der Waals surface area contributed by atoms with Gasteiger partial charge in [0.15, 0.2) is 11.6 Å². The van der Waals surface area contributed by atoms with Gasteiger partial charge >= 0.3 is 0 Å². The molecule has 0 aliphatic rings. The lowest BCUT2D eigenvalue weighted by molar-refractivity contribution is -0.123. The molecule has 100 heavy (non-hydrogen) atoms. The Bertz CT molecular complexity index is 3910. The minimum atomic E-state index is -0.892. The van der Waals surface area contributed by atoms with Gasteiger partial charge in [-0.25, -0.2) is 0 Å². The van der Waals surface area contributed by atoms with E-state index in [1.165, 1.54) is 0 Å². The van der Waals surface area contributed by atoms with Gasteiger partial charge in [-0.05, 0) is 145 Å². The average Bonchev–Trinajstić information content (AvgIpc) is 0.829. The molecule has 514 valence electrons. The van der Waals surface area contributed by atoms with Gasteiger partial charge in [0.25, 0.3) is 0 Å². The predicted molar refractivity (Wildman–Crippen MR) is 412 cm³/mol. The van der Waals surface area contributed by atoms with E-state index in [0.717, 1.165) is 28.2 Å². The Balaban J connectivity index is 0.00000121. The van der Waals surface area contributed by atoms with Gasteiger partial charge in [-0.2, -0.15) is 0 Å². The van der Waals surface area contributed by atoms with E-state index in [4.69, 9.17) is 63.7 Å². The maximum absolute atomic E-state index is 12.6. The second-order valence-electron chi connectivity index (χ2n) is 25.3. The number of nitrogens with two attached hydrogens (primary N) is 1. The summed E-state index contributed by atoms with van der Waals surface area (Å²) >= 11 is 29.3.